The molecular weight excluding hydrogens is 396 g/mol. The van der Waals surface area contributed by atoms with Crippen LogP contribution in [0.1, 0.15) is 16.1 Å². The number of fused-ring (bicyclic) bond motifs is 1. The number of carbonyl (C=O) groups is 2. The van der Waals surface area contributed by atoms with Gasteiger partial charge < -0.3 is 19.2 Å². The van der Waals surface area contributed by atoms with Crippen LogP contribution in [0, 0.1) is 6.92 Å². The van der Waals surface area contributed by atoms with E-state index < -0.39 is 18.5 Å². The van der Waals surface area contributed by atoms with Gasteiger partial charge in [0.05, 0.1) is 23.9 Å². The van der Waals surface area contributed by atoms with Crippen LogP contribution in [-0.2, 0) is 9.53 Å². The van der Waals surface area contributed by atoms with E-state index in [0.717, 1.165) is 5.76 Å². The van der Waals surface area contributed by atoms with Gasteiger partial charge in [0.15, 0.2) is 12.4 Å². The number of carbonyl (C=O) groups excluding carboxylic acids is 2. The highest BCUT2D eigenvalue weighted by molar-refractivity contribution is 6.05. The highest BCUT2D eigenvalue weighted by Gasteiger charge is 2.18. The molecule has 0 aliphatic carbocycles. The van der Waals surface area contributed by atoms with E-state index in [2.05, 4.69) is 10.3 Å². The van der Waals surface area contributed by atoms with E-state index in [1.807, 2.05) is 25.1 Å². The normalized spacial score (nSPS) is 10.6. The molecule has 4 rings (SSSR count). The minimum absolute atomic E-state index is 0.305. The van der Waals surface area contributed by atoms with Crippen LogP contribution < -0.4 is 10.1 Å². The molecule has 4 aromatic rings. The molecule has 0 fully saturated rings. The van der Waals surface area contributed by atoms with E-state index in [1.165, 1.54) is 7.11 Å². The molecule has 0 atom stereocenters. The van der Waals surface area contributed by atoms with E-state index in [9.17, 15) is 9.59 Å². The number of methoxy groups -OCH3 is 1. The molecule has 2 heterocycles. The number of nitrogens with one attached hydrogen (secondary N) is 1. The molecule has 0 aliphatic heterocycles. The van der Waals surface area contributed by atoms with Crippen LogP contribution in [0.4, 0.5) is 5.69 Å². The lowest BCUT2D eigenvalue weighted by Crippen LogP contribution is -2.21. The van der Waals surface area contributed by atoms with Crippen molar-refractivity contribution < 1.29 is 23.5 Å². The minimum Gasteiger partial charge on any atom is -0.495 e. The Morgan fingerprint density at radius 3 is 2.58 bits per heavy atom. The van der Waals surface area contributed by atoms with Gasteiger partial charge in [0.2, 0.25) is 0 Å². The number of para-hydroxylation sites is 3. The van der Waals surface area contributed by atoms with Gasteiger partial charge in [0.1, 0.15) is 17.2 Å². The maximum atomic E-state index is 12.8. The van der Waals surface area contributed by atoms with Crippen LogP contribution in [0.5, 0.6) is 5.75 Å². The Morgan fingerprint density at radius 1 is 1.03 bits per heavy atom. The Hall–Kier alpha value is -4.13. The fraction of sp³-hybridized carbons (Fsp3) is 0.125. The Kier molecular flexibility index (Phi) is 5.66. The third kappa shape index (κ3) is 4.40. The predicted molar refractivity (Wildman–Crippen MR) is 116 cm³/mol. The number of furan rings is 1. The van der Waals surface area contributed by atoms with Crippen molar-refractivity contribution in [1.82, 2.24) is 4.98 Å². The van der Waals surface area contributed by atoms with E-state index in [0.29, 0.717) is 39.4 Å². The summed E-state index contributed by atoms with van der Waals surface area (Å²) in [7, 11) is 1.51. The average molecular weight is 416 g/mol. The molecule has 31 heavy (non-hydrogen) atoms. The Labute approximate surface area is 178 Å². The summed E-state index contributed by atoms with van der Waals surface area (Å²) in [6.45, 7) is 1.39. The highest BCUT2D eigenvalue weighted by atomic mass is 16.5. The highest BCUT2D eigenvalue weighted by Crippen LogP contribution is 2.27. The number of amides is 1. The molecule has 7 nitrogen and oxygen atoms in total. The summed E-state index contributed by atoms with van der Waals surface area (Å²) >= 11 is 0. The molecule has 0 spiro atoms. The molecular formula is C24H20N2O5. The van der Waals surface area contributed by atoms with Gasteiger partial charge in [-0.25, -0.2) is 9.78 Å². The number of hydrogen-bond acceptors (Lipinski definition) is 6. The Morgan fingerprint density at radius 2 is 1.81 bits per heavy atom. The zero-order valence-electron chi connectivity index (χ0n) is 17.0. The molecule has 1 N–H and O–H groups in total. The number of rotatable bonds is 6. The van der Waals surface area contributed by atoms with Gasteiger partial charge in [-0.15, -0.1) is 0 Å². The number of pyridine rings is 1. The molecule has 7 heteroatoms. The lowest BCUT2D eigenvalue weighted by Gasteiger charge is -2.11. The van der Waals surface area contributed by atoms with Crippen molar-refractivity contribution >= 4 is 28.5 Å². The molecule has 2 aromatic carbocycles. The van der Waals surface area contributed by atoms with Crippen molar-refractivity contribution in [1.29, 1.82) is 0 Å². The topological polar surface area (TPSA) is 90.7 Å². The number of hydrogen-bond donors (Lipinski definition) is 1. The van der Waals surface area contributed by atoms with Gasteiger partial charge >= 0.3 is 5.97 Å². The molecule has 0 bridgehead atoms. The largest absolute Gasteiger partial charge is 0.495 e. The van der Waals surface area contributed by atoms with Gasteiger partial charge in [0.25, 0.3) is 5.91 Å². The average Bonchev–Trinajstić information content (AvgIpc) is 3.23. The first-order valence-corrected chi connectivity index (χ1v) is 9.62. The summed E-state index contributed by atoms with van der Waals surface area (Å²) in [6.07, 6.45) is 0. The van der Waals surface area contributed by atoms with Crippen LogP contribution in [0.15, 0.2) is 71.1 Å². The van der Waals surface area contributed by atoms with Gasteiger partial charge in [-0.05, 0) is 43.3 Å². The van der Waals surface area contributed by atoms with Crippen molar-refractivity contribution in [3.8, 4) is 17.2 Å². The second kappa shape index (κ2) is 8.71. The van der Waals surface area contributed by atoms with Crippen molar-refractivity contribution in [2.45, 2.75) is 6.92 Å². The Bertz CT molecular complexity index is 1260. The van der Waals surface area contributed by atoms with Gasteiger partial charge in [-0.2, -0.15) is 0 Å². The van der Waals surface area contributed by atoms with Crippen molar-refractivity contribution in [2.75, 3.05) is 19.0 Å². The number of aryl methyl sites for hydroxylation is 1. The fourth-order valence-corrected chi connectivity index (χ4v) is 3.19. The standard InChI is InChI=1S/C24H20N2O5/c1-15-11-12-22(31-15)20-13-17(16-7-3-4-8-18(16)25-20)24(28)30-14-23(27)26-19-9-5-6-10-21(19)29-2/h3-13H,14H2,1-2H3,(H,26,27). The molecule has 1 amide bonds. The summed E-state index contributed by atoms with van der Waals surface area (Å²) in [5.74, 6) is 0.699. The third-order valence-electron chi connectivity index (χ3n) is 4.64. The molecule has 0 saturated carbocycles. The maximum Gasteiger partial charge on any atom is 0.339 e. The smallest absolute Gasteiger partial charge is 0.339 e. The lowest BCUT2D eigenvalue weighted by molar-refractivity contribution is -0.119. The summed E-state index contributed by atoms with van der Waals surface area (Å²) in [5, 5.41) is 3.31. The van der Waals surface area contributed by atoms with Crippen molar-refractivity contribution in [3.63, 3.8) is 0 Å². The summed E-state index contributed by atoms with van der Waals surface area (Å²) in [4.78, 5) is 29.7. The van der Waals surface area contributed by atoms with Crippen LogP contribution in [-0.4, -0.2) is 30.6 Å². The van der Waals surface area contributed by atoms with Crippen LogP contribution >= 0.6 is 0 Å². The van der Waals surface area contributed by atoms with Crippen LogP contribution in [0.3, 0.4) is 0 Å². The molecule has 0 saturated heterocycles. The zero-order valence-corrected chi connectivity index (χ0v) is 17.0. The van der Waals surface area contributed by atoms with E-state index in [1.54, 1.807) is 48.5 Å². The van der Waals surface area contributed by atoms with Crippen LogP contribution in [0.25, 0.3) is 22.4 Å². The first-order chi connectivity index (χ1) is 15.0. The van der Waals surface area contributed by atoms with Crippen molar-refractivity contribution in [3.05, 3.63) is 78.1 Å². The first kappa shape index (κ1) is 20.2. The summed E-state index contributed by atoms with van der Waals surface area (Å²) < 4.78 is 16.1. The predicted octanol–water partition coefficient (Wildman–Crippen LogP) is 4.61. The fourth-order valence-electron chi connectivity index (χ4n) is 3.19. The minimum atomic E-state index is -0.627. The molecule has 0 radical (unpaired) electrons. The third-order valence-corrected chi connectivity index (χ3v) is 4.64. The van der Waals surface area contributed by atoms with E-state index in [4.69, 9.17) is 13.9 Å². The first-order valence-electron chi connectivity index (χ1n) is 9.62. The molecule has 2 aromatic heterocycles. The Balaban J connectivity index is 1.55. The number of esters is 1. The molecule has 156 valence electrons. The number of benzene rings is 2. The van der Waals surface area contributed by atoms with Gasteiger partial charge in [0, 0.05) is 5.39 Å². The molecule has 0 aliphatic rings. The summed E-state index contributed by atoms with van der Waals surface area (Å²) in [5.41, 5.74) is 1.94. The number of aromatic nitrogens is 1. The van der Waals surface area contributed by atoms with Crippen LogP contribution in [0.2, 0.25) is 0 Å². The summed E-state index contributed by atoms with van der Waals surface area (Å²) in [6, 6.07) is 19.5. The zero-order chi connectivity index (χ0) is 21.8. The van der Waals surface area contributed by atoms with Gasteiger partial charge in [-0.3, -0.25) is 4.79 Å². The SMILES string of the molecule is COc1ccccc1NC(=O)COC(=O)c1cc(-c2ccc(C)o2)nc2ccccc12. The molecule has 0 unspecified atom stereocenters. The van der Waals surface area contributed by atoms with Crippen molar-refractivity contribution in [2.24, 2.45) is 0 Å². The lowest BCUT2D eigenvalue weighted by atomic mass is 10.1. The van der Waals surface area contributed by atoms with E-state index >= 15 is 0 Å². The van der Waals surface area contributed by atoms with Gasteiger partial charge in [-0.1, -0.05) is 30.3 Å². The number of nitrogens with zero attached hydrogens (tertiary/aromatic N) is 1. The monoisotopic (exact) mass is 416 g/mol. The second-order valence-corrected chi connectivity index (χ2v) is 6.81. The number of ether oxygens (including phenoxy) is 2. The number of anilines is 1. The maximum absolute atomic E-state index is 12.8. The second-order valence-electron chi connectivity index (χ2n) is 6.81. The quantitative estimate of drug-likeness (QED) is 0.462. The van der Waals surface area contributed by atoms with E-state index in [-0.39, 0.29) is 0 Å².